The van der Waals surface area contributed by atoms with Crippen LogP contribution >= 0.6 is 0 Å². The highest BCUT2D eigenvalue weighted by Gasteiger charge is 2.42. The molecule has 2 aliphatic rings. The summed E-state index contributed by atoms with van der Waals surface area (Å²) in [4.78, 5) is 23.8. The van der Waals surface area contributed by atoms with Gasteiger partial charge in [-0.3, -0.25) is 9.59 Å². The van der Waals surface area contributed by atoms with E-state index in [0.29, 0.717) is 23.7 Å². The van der Waals surface area contributed by atoms with Crippen LogP contribution < -0.4 is 0 Å². The van der Waals surface area contributed by atoms with E-state index in [4.69, 9.17) is 9.26 Å². The number of carbonyl (C=O) groups excluding carboxylic acids is 1. The molecule has 174 valence electrons. The second-order valence-electron chi connectivity index (χ2n) is 11.8. The summed E-state index contributed by atoms with van der Waals surface area (Å²) in [6, 6.07) is 0. The van der Waals surface area contributed by atoms with Gasteiger partial charge in [-0.25, -0.2) is 0 Å². The summed E-state index contributed by atoms with van der Waals surface area (Å²) in [5, 5.41) is 13.7. The molecule has 2 fully saturated rings. The van der Waals surface area contributed by atoms with Crippen molar-refractivity contribution in [2.24, 2.45) is 11.3 Å². The second kappa shape index (κ2) is 8.95. The van der Waals surface area contributed by atoms with Gasteiger partial charge in [0.1, 0.15) is 11.4 Å². The van der Waals surface area contributed by atoms with Crippen molar-refractivity contribution >= 4 is 11.9 Å². The molecular formula is C25H39NO5. The van der Waals surface area contributed by atoms with Crippen molar-refractivity contribution in [3.8, 4) is 0 Å². The topological polar surface area (TPSA) is 89.6 Å². The van der Waals surface area contributed by atoms with Crippen molar-refractivity contribution in [2.45, 2.75) is 116 Å². The van der Waals surface area contributed by atoms with E-state index in [-0.39, 0.29) is 24.7 Å². The summed E-state index contributed by atoms with van der Waals surface area (Å²) in [5.41, 5.74) is 1.72. The molecule has 0 saturated heterocycles. The lowest BCUT2D eigenvalue weighted by atomic mass is 9.66. The van der Waals surface area contributed by atoms with E-state index in [9.17, 15) is 14.7 Å². The van der Waals surface area contributed by atoms with Crippen LogP contribution in [0.1, 0.15) is 128 Å². The summed E-state index contributed by atoms with van der Waals surface area (Å²) >= 11 is 0. The molecule has 1 heterocycles. The van der Waals surface area contributed by atoms with Crippen molar-refractivity contribution < 1.29 is 24.0 Å². The quantitative estimate of drug-likeness (QED) is 0.469. The molecule has 0 bridgehead atoms. The summed E-state index contributed by atoms with van der Waals surface area (Å²) in [5.74, 6) is 1.07. The minimum absolute atomic E-state index is 0.00313. The third-order valence-electron chi connectivity index (χ3n) is 6.20. The zero-order valence-electron chi connectivity index (χ0n) is 20.0. The molecule has 2 aliphatic carbocycles. The molecule has 2 saturated carbocycles. The number of rotatable bonds is 9. The Bertz CT molecular complexity index is 788. The van der Waals surface area contributed by atoms with Gasteiger partial charge in [-0.15, -0.1) is 0 Å². The first-order chi connectivity index (χ1) is 14.3. The molecule has 31 heavy (non-hydrogen) atoms. The maximum atomic E-state index is 12.5. The predicted octanol–water partition coefficient (Wildman–Crippen LogP) is 6.16. The first-order valence-corrected chi connectivity index (χ1v) is 11.8. The molecule has 0 radical (unpaired) electrons. The predicted molar refractivity (Wildman–Crippen MR) is 118 cm³/mol. The maximum Gasteiger partial charge on any atom is 0.306 e. The van der Waals surface area contributed by atoms with Gasteiger partial charge in [-0.2, -0.15) is 0 Å². The highest BCUT2D eigenvalue weighted by atomic mass is 16.6. The lowest BCUT2D eigenvalue weighted by Gasteiger charge is -2.38. The minimum Gasteiger partial charge on any atom is -0.481 e. The van der Waals surface area contributed by atoms with Crippen LogP contribution in [0.25, 0.3) is 0 Å². The normalized spacial score (nSPS) is 22.6. The van der Waals surface area contributed by atoms with Gasteiger partial charge in [0.25, 0.3) is 0 Å². The first kappa shape index (κ1) is 23.8. The van der Waals surface area contributed by atoms with Crippen molar-refractivity contribution in [2.75, 3.05) is 0 Å². The number of carboxylic acids is 1. The number of aliphatic carboxylic acids is 1. The summed E-state index contributed by atoms with van der Waals surface area (Å²) in [6.07, 6.45) is 6.16. The Hall–Kier alpha value is -1.85. The van der Waals surface area contributed by atoms with Crippen LogP contribution in [-0.2, 0) is 14.3 Å². The van der Waals surface area contributed by atoms with E-state index in [2.05, 4.69) is 25.9 Å². The van der Waals surface area contributed by atoms with E-state index >= 15 is 0 Å². The van der Waals surface area contributed by atoms with Gasteiger partial charge in [-0.1, -0.05) is 25.9 Å². The van der Waals surface area contributed by atoms with Crippen molar-refractivity contribution in [3.63, 3.8) is 0 Å². The fourth-order valence-electron chi connectivity index (χ4n) is 4.89. The van der Waals surface area contributed by atoms with Gasteiger partial charge in [0.2, 0.25) is 0 Å². The van der Waals surface area contributed by atoms with E-state index in [1.54, 1.807) is 0 Å². The van der Waals surface area contributed by atoms with Gasteiger partial charge in [0.15, 0.2) is 0 Å². The zero-order valence-corrected chi connectivity index (χ0v) is 20.0. The summed E-state index contributed by atoms with van der Waals surface area (Å²) in [6.45, 7) is 12.4. The first-order valence-electron chi connectivity index (χ1n) is 11.8. The number of nitrogens with zero attached hydrogens (tertiary/aromatic N) is 1. The maximum absolute atomic E-state index is 12.5. The van der Waals surface area contributed by atoms with E-state index in [1.165, 1.54) is 6.42 Å². The Labute approximate surface area is 186 Å². The molecule has 0 unspecified atom stereocenters. The smallest absolute Gasteiger partial charge is 0.306 e. The third kappa shape index (κ3) is 6.81. The van der Waals surface area contributed by atoms with Crippen LogP contribution in [0.3, 0.4) is 0 Å². The monoisotopic (exact) mass is 433 g/mol. The van der Waals surface area contributed by atoms with Gasteiger partial charge in [0, 0.05) is 23.8 Å². The molecule has 1 aromatic heterocycles. The number of hydrogen-bond acceptors (Lipinski definition) is 5. The summed E-state index contributed by atoms with van der Waals surface area (Å²) < 4.78 is 11.4. The van der Waals surface area contributed by atoms with Crippen molar-refractivity contribution in [3.05, 3.63) is 17.0 Å². The molecule has 3 rings (SSSR count). The number of aromatic nitrogens is 1. The SMILES string of the molecule is CC(C)(C)C[C@H]1C[C@@H](c2onc([C@@H](CCC(=O)O)CC(=O)OC(C)(C)C)c2C2CC2)C1. The Morgan fingerprint density at radius 3 is 2.29 bits per heavy atom. The molecule has 0 spiro atoms. The van der Waals surface area contributed by atoms with E-state index in [0.717, 1.165) is 48.6 Å². The average molecular weight is 434 g/mol. The molecule has 6 nitrogen and oxygen atoms in total. The molecule has 0 amide bonds. The van der Waals surface area contributed by atoms with Gasteiger partial charge in [-0.05, 0) is 76.5 Å². The second-order valence-corrected chi connectivity index (χ2v) is 11.8. The Morgan fingerprint density at radius 1 is 1.13 bits per heavy atom. The minimum atomic E-state index is -0.866. The largest absolute Gasteiger partial charge is 0.481 e. The van der Waals surface area contributed by atoms with Crippen molar-refractivity contribution in [1.29, 1.82) is 0 Å². The lowest BCUT2D eigenvalue weighted by molar-refractivity contribution is -0.155. The average Bonchev–Trinajstić information content (AvgIpc) is 3.31. The molecule has 0 aliphatic heterocycles. The van der Waals surface area contributed by atoms with Crippen molar-refractivity contribution in [1.82, 2.24) is 5.16 Å². The highest BCUT2D eigenvalue weighted by Crippen LogP contribution is 2.53. The number of carboxylic acid groups (broad SMARTS) is 1. The molecule has 1 atom stereocenters. The molecular weight excluding hydrogens is 394 g/mol. The Balaban J connectivity index is 1.78. The fourth-order valence-corrected chi connectivity index (χ4v) is 4.89. The number of esters is 1. The van der Waals surface area contributed by atoms with E-state index in [1.807, 2.05) is 20.8 Å². The van der Waals surface area contributed by atoms with Crippen LogP contribution in [0.5, 0.6) is 0 Å². The van der Waals surface area contributed by atoms with Gasteiger partial charge >= 0.3 is 11.9 Å². The molecule has 6 heteroatoms. The van der Waals surface area contributed by atoms with Crippen LogP contribution in [-0.4, -0.2) is 27.8 Å². The number of carbonyl (C=O) groups is 2. The zero-order chi connectivity index (χ0) is 23.0. The number of hydrogen-bond donors (Lipinski definition) is 1. The molecule has 1 N–H and O–H groups in total. The number of ether oxygens (including phenoxy) is 1. The Kier molecular flexibility index (Phi) is 6.87. The summed E-state index contributed by atoms with van der Waals surface area (Å²) in [7, 11) is 0. The molecule has 1 aromatic rings. The van der Waals surface area contributed by atoms with E-state index < -0.39 is 11.6 Å². The van der Waals surface area contributed by atoms with Gasteiger partial charge in [0.05, 0.1) is 12.1 Å². The van der Waals surface area contributed by atoms with Crippen LogP contribution in [0.2, 0.25) is 0 Å². The van der Waals surface area contributed by atoms with Crippen LogP contribution in [0.4, 0.5) is 0 Å². The lowest BCUT2D eigenvalue weighted by Crippen LogP contribution is -2.26. The highest BCUT2D eigenvalue weighted by molar-refractivity contribution is 5.71. The Morgan fingerprint density at radius 2 is 1.77 bits per heavy atom. The van der Waals surface area contributed by atoms with Crippen LogP contribution in [0.15, 0.2) is 4.52 Å². The fraction of sp³-hybridized carbons (Fsp3) is 0.800. The van der Waals surface area contributed by atoms with Gasteiger partial charge < -0.3 is 14.4 Å². The standard InChI is InChI=1S/C25H39NO5/c1-24(2,3)14-15-11-18(12-15)23-21(16-7-8-16)22(26-31-23)17(9-10-19(27)28)13-20(29)30-25(4,5)6/h15-18H,7-14H2,1-6H3,(H,27,28)/t15-,17-,18+/m0/s1. The third-order valence-corrected chi connectivity index (χ3v) is 6.20. The molecule has 0 aromatic carbocycles. The van der Waals surface area contributed by atoms with Crippen LogP contribution in [0, 0.1) is 11.3 Å².